The molecule has 0 bridgehead atoms. The van der Waals surface area contributed by atoms with Gasteiger partial charge in [-0.1, -0.05) is 381 Å². The SMILES string of the molecule is CCCCCCCCCCCCCCCCCCCCCCCCc1cc(CCCCCCCCCCCCCCCCCCCCCCCC)cc(C2=C(CCCC)C(CCCCC)=C(c3cc(CCCCCC)cc(CCCCCC)c3)[N+]2=[N-])c1. The van der Waals surface area contributed by atoms with E-state index in [-0.39, 0.29) is 0 Å². The molecular formula is C85H150N2. The average molecular weight is 1200 g/mol. The molecule has 2 aromatic rings. The van der Waals surface area contributed by atoms with Gasteiger partial charge in [-0.25, -0.2) is 4.70 Å². The van der Waals surface area contributed by atoms with Crippen molar-refractivity contribution in [2.45, 2.75) is 446 Å². The Kier molecular flexibility index (Phi) is 52.0. The molecule has 0 radical (unpaired) electrons. The third-order valence-electron chi connectivity index (χ3n) is 20.1. The van der Waals surface area contributed by atoms with Gasteiger partial charge in [-0.2, -0.15) is 0 Å². The lowest BCUT2D eigenvalue weighted by atomic mass is 9.89. The van der Waals surface area contributed by atoms with E-state index in [4.69, 9.17) is 0 Å². The van der Waals surface area contributed by atoms with Crippen molar-refractivity contribution in [3.63, 3.8) is 0 Å². The smallest absolute Gasteiger partial charge is 0.211 e. The van der Waals surface area contributed by atoms with Crippen LogP contribution in [0.1, 0.15) is 454 Å². The molecule has 2 aromatic carbocycles. The highest BCUT2D eigenvalue weighted by molar-refractivity contribution is 5.82. The van der Waals surface area contributed by atoms with Gasteiger partial charge in [0.05, 0.1) is 0 Å². The summed E-state index contributed by atoms with van der Waals surface area (Å²) < 4.78 is 1.74. The maximum absolute atomic E-state index is 13.0. The van der Waals surface area contributed by atoms with E-state index in [1.165, 1.54) is 404 Å². The topological polar surface area (TPSA) is 25.3 Å². The lowest BCUT2D eigenvalue weighted by Gasteiger charge is -2.15. The van der Waals surface area contributed by atoms with E-state index in [9.17, 15) is 5.53 Å². The first kappa shape index (κ1) is 78.8. The van der Waals surface area contributed by atoms with Crippen LogP contribution in [0.5, 0.6) is 0 Å². The molecule has 0 amide bonds. The zero-order valence-corrected chi connectivity index (χ0v) is 59.9. The predicted molar refractivity (Wildman–Crippen MR) is 392 cm³/mol. The van der Waals surface area contributed by atoms with Crippen molar-refractivity contribution < 1.29 is 4.70 Å². The van der Waals surface area contributed by atoms with E-state index in [0.717, 1.165) is 56.3 Å². The Balaban J connectivity index is 1.62. The normalized spacial score (nSPS) is 12.8. The molecule has 1 aliphatic rings. The van der Waals surface area contributed by atoms with E-state index in [2.05, 4.69) is 77.9 Å². The van der Waals surface area contributed by atoms with Crippen molar-refractivity contribution in [1.29, 1.82) is 0 Å². The summed E-state index contributed by atoms with van der Waals surface area (Å²) >= 11 is 0. The molecule has 0 unspecified atom stereocenters. The Labute approximate surface area is 545 Å². The fourth-order valence-corrected chi connectivity index (χ4v) is 14.5. The molecule has 0 saturated carbocycles. The second-order valence-corrected chi connectivity index (χ2v) is 28.6. The van der Waals surface area contributed by atoms with Gasteiger partial charge in [0.1, 0.15) is 0 Å². The summed E-state index contributed by atoms with van der Waals surface area (Å²) in [6, 6.07) is 15.2. The quantitative estimate of drug-likeness (QED) is 0.0466. The molecule has 0 aromatic heterocycles. The lowest BCUT2D eigenvalue weighted by molar-refractivity contribution is -0.345. The van der Waals surface area contributed by atoms with Gasteiger partial charge in [-0.05, 0) is 124 Å². The Hall–Kier alpha value is -2.48. The summed E-state index contributed by atoms with van der Waals surface area (Å²) in [6.45, 7) is 14.0. The van der Waals surface area contributed by atoms with E-state index in [0.29, 0.717) is 0 Å². The van der Waals surface area contributed by atoms with Crippen molar-refractivity contribution in [1.82, 2.24) is 0 Å². The standard InChI is InChI=1S/C85H150N2/c1-7-13-19-23-25-27-29-31-33-35-37-39-41-43-45-47-49-51-53-55-57-62-66-78-71-79(67-63-58-56-54-52-50-48-46-44-42-40-38-36-34-32-30-28-26-24-20-14-8-2)75-80(74-78)84-82(68-18-12-6)83(69-59-17-11-5)85(87(84)86)81-72-76(64-60-21-15-9-3)70-77(73-81)65-61-22-16-10-4/h70-75H,7-69H2,1-6H3. The van der Waals surface area contributed by atoms with Crippen molar-refractivity contribution >= 4 is 11.4 Å². The molecule has 2 nitrogen and oxygen atoms in total. The summed E-state index contributed by atoms with van der Waals surface area (Å²) in [6.07, 6.45) is 85.7. The van der Waals surface area contributed by atoms with Gasteiger partial charge in [-0.3, -0.25) is 0 Å². The maximum Gasteiger partial charge on any atom is 0.211 e. The van der Waals surface area contributed by atoms with Crippen molar-refractivity contribution in [2.24, 2.45) is 0 Å². The molecule has 500 valence electrons. The zero-order valence-electron chi connectivity index (χ0n) is 59.9. The van der Waals surface area contributed by atoms with Crippen molar-refractivity contribution in [3.05, 3.63) is 86.5 Å². The van der Waals surface area contributed by atoms with Crippen LogP contribution >= 0.6 is 0 Å². The predicted octanol–water partition coefficient (Wildman–Crippen LogP) is 30.2. The van der Waals surface area contributed by atoms with Gasteiger partial charge in [0.15, 0.2) is 0 Å². The van der Waals surface area contributed by atoms with Gasteiger partial charge in [0.25, 0.3) is 0 Å². The van der Waals surface area contributed by atoms with Crippen LogP contribution in [-0.2, 0) is 25.7 Å². The summed E-state index contributed by atoms with van der Waals surface area (Å²) in [5.74, 6) is 0. The number of aryl methyl sites for hydroxylation is 4. The fraction of sp³-hybridized carbons (Fsp3) is 0.812. The average Bonchev–Trinajstić information content (AvgIpc) is 1.70. The Bertz CT molecular complexity index is 1870. The number of benzene rings is 2. The van der Waals surface area contributed by atoms with Gasteiger partial charge >= 0.3 is 0 Å². The minimum Gasteiger partial charge on any atom is -0.493 e. The molecule has 0 N–H and O–H groups in total. The molecule has 0 fully saturated rings. The third kappa shape index (κ3) is 39.5. The fourth-order valence-electron chi connectivity index (χ4n) is 14.5. The van der Waals surface area contributed by atoms with Crippen LogP contribution in [0.2, 0.25) is 0 Å². The molecule has 1 aliphatic heterocycles. The minimum atomic E-state index is 1.03. The van der Waals surface area contributed by atoms with Crippen LogP contribution in [0.3, 0.4) is 0 Å². The summed E-state index contributed by atoms with van der Waals surface area (Å²) in [5, 5.41) is 0. The van der Waals surface area contributed by atoms with Gasteiger partial charge in [0.2, 0.25) is 11.4 Å². The van der Waals surface area contributed by atoms with Gasteiger partial charge < -0.3 is 5.53 Å². The van der Waals surface area contributed by atoms with E-state index < -0.39 is 0 Å². The van der Waals surface area contributed by atoms with Crippen LogP contribution in [0.4, 0.5) is 0 Å². The second kappa shape index (κ2) is 57.4. The summed E-state index contributed by atoms with van der Waals surface area (Å²) in [4.78, 5) is 0. The van der Waals surface area contributed by atoms with E-state index >= 15 is 0 Å². The van der Waals surface area contributed by atoms with Crippen molar-refractivity contribution in [3.8, 4) is 0 Å². The third-order valence-corrected chi connectivity index (χ3v) is 20.1. The highest BCUT2D eigenvalue weighted by Gasteiger charge is 2.36. The molecule has 0 saturated heterocycles. The number of allylic oxidation sites excluding steroid dienone is 2. The van der Waals surface area contributed by atoms with Crippen LogP contribution in [0.25, 0.3) is 16.9 Å². The van der Waals surface area contributed by atoms with E-state index in [1.807, 2.05) is 0 Å². The molecule has 3 rings (SSSR count). The lowest BCUT2D eigenvalue weighted by Crippen LogP contribution is -2.05. The highest BCUT2D eigenvalue weighted by Crippen LogP contribution is 2.45. The van der Waals surface area contributed by atoms with Crippen LogP contribution in [0, 0.1) is 0 Å². The van der Waals surface area contributed by atoms with Crippen LogP contribution in [0.15, 0.2) is 47.5 Å². The first-order valence-electron chi connectivity index (χ1n) is 40.2. The van der Waals surface area contributed by atoms with Crippen molar-refractivity contribution in [2.75, 3.05) is 0 Å². The molecule has 0 atom stereocenters. The molecule has 0 aliphatic carbocycles. The van der Waals surface area contributed by atoms with Gasteiger partial charge in [-0.15, -0.1) is 0 Å². The maximum atomic E-state index is 13.0. The van der Waals surface area contributed by atoms with Gasteiger partial charge in [0, 0.05) is 22.3 Å². The molecule has 0 spiro atoms. The molecule has 87 heavy (non-hydrogen) atoms. The summed E-state index contributed by atoms with van der Waals surface area (Å²) in [7, 11) is 0. The Morgan fingerprint density at radius 2 is 0.356 bits per heavy atom. The van der Waals surface area contributed by atoms with Crippen LogP contribution in [-0.4, -0.2) is 4.70 Å². The van der Waals surface area contributed by atoms with Crippen LogP contribution < -0.4 is 0 Å². The monoisotopic (exact) mass is 1200 g/mol. The molecule has 1 heterocycles. The number of nitrogens with zero attached hydrogens (tertiary/aromatic N) is 2. The number of hydrogen-bond acceptors (Lipinski definition) is 0. The summed E-state index contributed by atoms with van der Waals surface area (Å²) in [5.41, 5.74) is 26.6. The number of unbranched alkanes of at least 4 members (excludes halogenated alkanes) is 51. The molecule has 2 heteroatoms. The van der Waals surface area contributed by atoms with E-state index in [1.54, 1.807) is 4.70 Å². The number of rotatable bonds is 65. The number of hydrogen-bond donors (Lipinski definition) is 0. The second-order valence-electron chi connectivity index (χ2n) is 28.6. The first-order chi connectivity index (χ1) is 43.0. The first-order valence-corrected chi connectivity index (χ1v) is 40.2. The largest absolute Gasteiger partial charge is 0.493 e. The highest BCUT2D eigenvalue weighted by atomic mass is 15.2. The zero-order chi connectivity index (χ0) is 62.1. The Morgan fingerprint density at radius 3 is 0.575 bits per heavy atom. The molecular weight excluding hydrogens is 1050 g/mol. The Morgan fingerprint density at radius 1 is 0.195 bits per heavy atom. The minimum absolute atomic E-state index is 1.03.